The number of carbonyl (C=O) groups is 1. The SMILES string of the molecule is CC#CCn1cc2c3c(cccc31)C(CC(C)C)NC(C(=O)NCc1ccccc1OC)C2. The second kappa shape index (κ2) is 10.1. The third kappa shape index (κ3) is 4.91. The number of rotatable bonds is 7. The molecule has 5 nitrogen and oxygen atoms in total. The van der Waals surface area contributed by atoms with Gasteiger partial charge in [0.05, 0.1) is 19.7 Å². The van der Waals surface area contributed by atoms with Crippen LogP contribution in [0.1, 0.15) is 49.9 Å². The molecule has 0 bridgehead atoms. The van der Waals surface area contributed by atoms with Crippen molar-refractivity contribution in [2.45, 2.75) is 58.8 Å². The van der Waals surface area contributed by atoms with Gasteiger partial charge in [-0.3, -0.25) is 10.1 Å². The van der Waals surface area contributed by atoms with E-state index in [2.05, 4.69) is 65.3 Å². The van der Waals surface area contributed by atoms with Crippen LogP contribution in [0.25, 0.3) is 10.9 Å². The van der Waals surface area contributed by atoms with E-state index in [-0.39, 0.29) is 18.0 Å². The minimum absolute atomic E-state index is 0.0109. The number of aromatic nitrogens is 1. The number of para-hydroxylation sites is 1. The summed E-state index contributed by atoms with van der Waals surface area (Å²) in [5, 5.41) is 8.09. The first-order valence-electron chi connectivity index (χ1n) is 11.7. The third-order valence-electron chi connectivity index (χ3n) is 6.31. The van der Waals surface area contributed by atoms with Crippen LogP contribution in [0.4, 0.5) is 0 Å². The number of ether oxygens (including phenoxy) is 1. The van der Waals surface area contributed by atoms with Gasteiger partial charge >= 0.3 is 0 Å². The Balaban J connectivity index is 1.64. The van der Waals surface area contributed by atoms with Gasteiger partial charge in [0.15, 0.2) is 0 Å². The van der Waals surface area contributed by atoms with E-state index in [1.54, 1.807) is 7.11 Å². The summed E-state index contributed by atoms with van der Waals surface area (Å²) in [5.41, 5.74) is 4.64. The number of carbonyl (C=O) groups excluding carboxylic acids is 1. The summed E-state index contributed by atoms with van der Waals surface area (Å²) < 4.78 is 7.65. The maximum absolute atomic E-state index is 13.4. The van der Waals surface area contributed by atoms with Gasteiger partial charge in [-0.1, -0.05) is 50.1 Å². The molecule has 2 atom stereocenters. The Hall–Kier alpha value is -3.23. The zero-order chi connectivity index (χ0) is 23.4. The van der Waals surface area contributed by atoms with Gasteiger partial charge in [-0.25, -0.2) is 0 Å². The van der Waals surface area contributed by atoms with Crippen LogP contribution in [0, 0.1) is 17.8 Å². The molecule has 0 radical (unpaired) electrons. The van der Waals surface area contributed by atoms with Gasteiger partial charge < -0.3 is 14.6 Å². The van der Waals surface area contributed by atoms with Crippen molar-refractivity contribution in [2.75, 3.05) is 7.11 Å². The molecular weight excluding hydrogens is 410 g/mol. The topological polar surface area (TPSA) is 55.3 Å². The molecule has 4 rings (SSSR count). The molecule has 0 saturated heterocycles. The van der Waals surface area contributed by atoms with E-state index in [9.17, 15) is 4.79 Å². The monoisotopic (exact) mass is 443 g/mol. The summed E-state index contributed by atoms with van der Waals surface area (Å²) >= 11 is 0. The van der Waals surface area contributed by atoms with E-state index in [0.29, 0.717) is 25.4 Å². The molecule has 0 fully saturated rings. The Bertz CT molecular complexity index is 1200. The summed E-state index contributed by atoms with van der Waals surface area (Å²) in [6, 6.07) is 14.1. The van der Waals surface area contributed by atoms with Crippen LogP contribution < -0.4 is 15.4 Å². The van der Waals surface area contributed by atoms with E-state index < -0.39 is 0 Å². The van der Waals surface area contributed by atoms with Crippen LogP contribution >= 0.6 is 0 Å². The largest absolute Gasteiger partial charge is 0.496 e. The van der Waals surface area contributed by atoms with Crippen molar-refractivity contribution in [1.29, 1.82) is 0 Å². The Morgan fingerprint density at radius 3 is 2.82 bits per heavy atom. The van der Waals surface area contributed by atoms with Gasteiger partial charge in [-0.05, 0) is 48.9 Å². The Kier molecular flexibility index (Phi) is 7.05. The summed E-state index contributed by atoms with van der Waals surface area (Å²) in [7, 11) is 1.65. The molecule has 0 spiro atoms. The van der Waals surface area contributed by atoms with Gasteiger partial charge in [0, 0.05) is 35.2 Å². The van der Waals surface area contributed by atoms with Crippen molar-refractivity contribution in [3.8, 4) is 17.6 Å². The summed E-state index contributed by atoms with van der Waals surface area (Å²) in [4.78, 5) is 13.4. The number of amides is 1. The normalized spacial score (nSPS) is 17.4. The first-order valence-corrected chi connectivity index (χ1v) is 11.7. The maximum Gasteiger partial charge on any atom is 0.237 e. The highest BCUT2D eigenvalue weighted by atomic mass is 16.5. The minimum atomic E-state index is -0.313. The fourth-order valence-electron chi connectivity index (χ4n) is 4.81. The first kappa shape index (κ1) is 22.9. The Morgan fingerprint density at radius 2 is 2.06 bits per heavy atom. The van der Waals surface area contributed by atoms with Gasteiger partial charge in [0.2, 0.25) is 5.91 Å². The predicted octanol–water partition coefficient (Wildman–Crippen LogP) is 4.59. The van der Waals surface area contributed by atoms with E-state index in [1.807, 2.05) is 31.2 Å². The number of hydrogen-bond acceptors (Lipinski definition) is 3. The lowest BCUT2D eigenvalue weighted by Crippen LogP contribution is -2.46. The first-order chi connectivity index (χ1) is 16.0. The second-order valence-corrected chi connectivity index (χ2v) is 9.09. The zero-order valence-corrected chi connectivity index (χ0v) is 19.9. The molecule has 3 aromatic rings. The molecule has 0 saturated carbocycles. The van der Waals surface area contributed by atoms with Crippen LogP contribution in [0.5, 0.6) is 5.75 Å². The fraction of sp³-hybridized carbons (Fsp3) is 0.393. The van der Waals surface area contributed by atoms with Crippen LogP contribution in [0.2, 0.25) is 0 Å². The van der Waals surface area contributed by atoms with Crippen molar-refractivity contribution in [2.24, 2.45) is 5.92 Å². The van der Waals surface area contributed by atoms with Crippen LogP contribution in [-0.4, -0.2) is 23.6 Å². The van der Waals surface area contributed by atoms with Gasteiger partial charge in [-0.15, -0.1) is 5.92 Å². The fourth-order valence-corrected chi connectivity index (χ4v) is 4.81. The molecule has 1 aliphatic rings. The molecule has 172 valence electrons. The standard InChI is InChI=1S/C28H33N3O2/c1-5-6-14-31-18-21-16-24(28(32)29-17-20-10-7-8-13-26(20)33-4)30-23(15-19(2)3)22-11-9-12-25(31)27(21)22/h7-13,18-19,23-24,30H,14-17H2,1-4H3,(H,29,32). The van der Waals surface area contributed by atoms with Crippen molar-refractivity contribution in [3.05, 3.63) is 65.4 Å². The minimum Gasteiger partial charge on any atom is -0.496 e. The van der Waals surface area contributed by atoms with Crippen molar-refractivity contribution in [3.63, 3.8) is 0 Å². The highest BCUT2D eigenvalue weighted by Gasteiger charge is 2.30. The van der Waals surface area contributed by atoms with Crippen LogP contribution in [-0.2, 0) is 24.3 Å². The van der Waals surface area contributed by atoms with Crippen LogP contribution in [0.15, 0.2) is 48.7 Å². The lowest BCUT2D eigenvalue weighted by molar-refractivity contribution is -0.123. The Morgan fingerprint density at radius 1 is 1.24 bits per heavy atom. The summed E-state index contributed by atoms with van der Waals surface area (Å²) in [6.45, 7) is 7.42. The van der Waals surface area contributed by atoms with Gasteiger partial charge in [-0.2, -0.15) is 0 Å². The Labute approximate surface area is 196 Å². The van der Waals surface area contributed by atoms with Crippen molar-refractivity contribution in [1.82, 2.24) is 15.2 Å². The average Bonchev–Trinajstić information content (AvgIpc) is 3.09. The van der Waals surface area contributed by atoms with E-state index in [4.69, 9.17) is 4.74 Å². The molecule has 5 heteroatoms. The van der Waals surface area contributed by atoms with Crippen molar-refractivity contribution >= 4 is 16.8 Å². The van der Waals surface area contributed by atoms with E-state index in [1.165, 1.54) is 22.0 Å². The van der Waals surface area contributed by atoms with Gasteiger partial charge in [0.1, 0.15) is 5.75 Å². The summed E-state index contributed by atoms with van der Waals surface area (Å²) in [5.74, 6) is 7.48. The number of methoxy groups -OCH3 is 1. The molecular formula is C28H33N3O2. The van der Waals surface area contributed by atoms with Crippen LogP contribution in [0.3, 0.4) is 0 Å². The number of benzene rings is 2. The molecule has 1 amide bonds. The van der Waals surface area contributed by atoms with E-state index >= 15 is 0 Å². The number of hydrogen-bond donors (Lipinski definition) is 2. The number of nitrogens with one attached hydrogen (secondary N) is 2. The smallest absolute Gasteiger partial charge is 0.237 e. The lowest BCUT2D eigenvalue weighted by Gasteiger charge is -2.25. The highest BCUT2D eigenvalue weighted by Crippen LogP contribution is 2.35. The second-order valence-electron chi connectivity index (χ2n) is 9.09. The predicted molar refractivity (Wildman–Crippen MR) is 133 cm³/mol. The molecule has 2 heterocycles. The molecule has 2 N–H and O–H groups in total. The molecule has 1 aromatic heterocycles. The van der Waals surface area contributed by atoms with E-state index in [0.717, 1.165) is 17.7 Å². The third-order valence-corrected chi connectivity index (χ3v) is 6.31. The average molecular weight is 444 g/mol. The molecule has 2 aromatic carbocycles. The summed E-state index contributed by atoms with van der Waals surface area (Å²) in [6.07, 6.45) is 3.79. The lowest BCUT2D eigenvalue weighted by atomic mass is 9.94. The highest BCUT2D eigenvalue weighted by molar-refractivity contribution is 5.90. The molecule has 33 heavy (non-hydrogen) atoms. The zero-order valence-electron chi connectivity index (χ0n) is 19.9. The molecule has 1 aliphatic heterocycles. The van der Waals surface area contributed by atoms with Gasteiger partial charge in [0.25, 0.3) is 0 Å². The molecule has 2 unspecified atom stereocenters. The maximum atomic E-state index is 13.4. The quantitative estimate of drug-likeness (QED) is 0.525. The number of nitrogens with zero attached hydrogens (tertiary/aromatic N) is 1. The molecule has 0 aliphatic carbocycles. The van der Waals surface area contributed by atoms with Crippen molar-refractivity contribution < 1.29 is 9.53 Å².